The molecule has 128 valence electrons. The van der Waals surface area contributed by atoms with Gasteiger partial charge in [-0.1, -0.05) is 57.6 Å². The highest BCUT2D eigenvalue weighted by atomic mass is 16.7. The Bertz CT molecular complexity index is 458. The van der Waals surface area contributed by atoms with Crippen LogP contribution < -0.4 is 4.74 Å². The molecule has 0 aromatic heterocycles. The minimum Gasteiger partial charge on any atom is -0.449 e. The second-order valence-corrected chi connectivity index (χ2v) is 6.86. The number of hydrogen-bond acceptors (Lipinski definition) is 2. The highest BCUT2D eigenvalue weighted by Crippen LogP contribution is 2.38. The molecule has 1 fully saturated rings. The monoisotopic (exact) mass is 318 g/mol. The van der Waals surface area contributed by atoms with Gasteiger partial charge in [0.1, 0.15) is 5.75 Å². The van der Waals surface area contributed by atoms with Crippen LogP contribution in [0.1, 0.15) is 82.6 Å². The average Bonchev–Trinajstić information content (AvgIpc) is 2.55. The molecule has 0 unspecified atom stereocenters. The van der Waals surface area contributed by atoms with Crippen LogP contribution in [0.4, 0.5) is 4.79 Å². The van der Waals surface area contributed by atoms with E-state index in [0.717, 1.165) is 5.92 Å². The van der Waals surface area contributed by atoms with Crippen LogP contribution in [0.15, 0.2) is 24.3 Å². The summed E-state index contributed by atoms with van der Waals surface area (Å²) >= 11 is 0. The Hall–Kier alpha value is -1.51. The third kappa shape index (κ3) is 6.25. The van der Waals surface area contributed by atoms with Gasteiger partial charge in [0.2, 0.25) is 0 Å². The van der Waals surface area contributed by atoms with Gasteiger partial charge in [-0.2, -0.15) is 0 Å². The van der Waals surface area contributed by atoms with Crippen molar-refractivity contribution in [1.82, 2.24) is 0 Å². The van der Waals surface area contributed by atoms with Crippen molar-refractivity contribution in [3.63, 3.8) is 0 Å². The zero-order valence-electron chi connectivity index (χ0n) is 14.3. The van der Waals surface area contributed by atoms with Gasteiger partial charge in [-0.3, -0.25) is 0 Å². The zero-order valence-corrected chi connectivity index (χ0v) is 14.3. The standard InChI is InChI=1S/C20H30O3/c1-2-3-4-5-6-7-16-8-10-17(11-9-16)18-12-14-19(15-13-18)23-20(21)22/h12-17H,2-11H2,1H3,(H,21,22)/t16-,17-. The van der Waals surface area contributed by atoms with Gasteiger partial charge in [-0.25, -0.2) is 4.79 Å². The minimum atomic E-state index is -1.25. The third-order valence-electron chi connectivity index (χ3n) is 5.12. The maximum atomic E-state index is 10.5. The molecule has 1 aromatic carbocycles. The molecular formula is C20H30O3. The number of ether oxygens (including phenoxy) is 1. The van der Waals surface area contributed by atoms with Crippen molar-refractivity contribution in [1.29, 1.82) is 0 Å². The van der Waals surface area contributed by atoms with Gasteiger partial charge in [-0.15, -0.1) is 0 Å². The Kier molecular flexibility index (Phi) is 7.44. The van der Waals surface area contributed by atoms with Gasteiger partial charge in [-0.05, 0) is 55.2 Å². The number of carboxylic acid groups (broad SMARTS) is 1. The average molecular weight is 318 g/mol. The molecule has 1 aromatic rings. The van der Waals surface area contributed by atoms with Crippen molar-refractivity contribution in [2.75, 3.05) is 0 Å². The zero-order chi connectivity index (χ0) is 16.5. The van der Waals surface area contributed by atoms with Gasteiger partial charge in [0.05, 0.1) is 0 Å². The molecule has 3 nitrogen and oxygen atoms in total. The molecule has 2 rings (SSSR count). The largest absolute Gasteiger partial charge is 0.511 e. The molecule has 0 bridgehead atoms. The predicted octanol–water partition coefficient (Wildman–Crippen LogP) is 6.38. The first-order chi connectivity index (χ1) is 11.2. The van der Waals surface area contributed by atoms with Crippen molar-refractivity contribution in [2.45, 2.75) is 77.0 Å². The Morgan fingerprint density at radius 3 is 2.30 bits per heavy atom. The SMILES string of the molecule is CCCCCCC[C@H]1CC[C@H](c2ccc(OC(=O)O)cc2)CC1. The van der Waals surface area contributed by atoms with E-state index in [4.69, 9.17) is 5.11 Å². The van der Waals surface area contributed by atoms with Crippen LogP contribution in [0.25, 0.3) is 0 Å². The maximum absolute atomic E-state index is 10.5. The summed E-state index contributed by atoms with van der Waals surface area (Å²) in [6.07, 6.45) is 12.3. The molecule has 1 aliphatic rings. The molecule has 0 atom stereocenters. The molecule has 0 spiro atoms. The Balaban J connectivity index is 1.70. The summed E-state index contributed by atoms with van der Waals surface area (Å²) in [5.74, 6) is 1.95. The summed E-state index contributed by atoms with van der Waals surface area (Å²) < 4.78 is 4.66. The van der Waals surface area contributed by atoms with Crippen molar-refractivity contribution in [3.05, 3.63) is 29.8 Å². The minimum absolute atomic E-state index is 0.405. The van der Waals surface area contributed by atoms with Crippen LogP contribution in [0.5, 0.6) is 5.75 Å². The lowest BCUT2D eigenvalue weighted by molar-refractivity contribution is 0.144. The van der Waals surface area contributed by atoms with Gasteiger partial charge in [0, 0.05) is 0 Å². The van der Waals surface area contributed by atoms with Crippen molar-refractivity contribution >= 4 is 6.16 Å². The summed E-state index contributed by atoms with van der Waals surface area (Å²) in [4.78, 5) is 10.5. The Labute approximate surface area is 140 Å². The first-order valence-electron chi connectivity index (χ1n) is 9.19. The number of rotatable bonds is 8. The fourth-order valence-corrected chi connectivity index (χ4v) is 3.73. The van der Waals surface area contributed by atoms with E-state index in [1.54, 1.807) is 12.1 Å². The Morgan fingerprint density at radius 1 is 1.04 bits per heavy atom. The van der Waals surface area contributed by atoms with Crippen LogP contribution in [-0.4, -0.2) is 11.3 Å². The van der Waals surface area contributed by atoms with Crippen LogP contribution in [0.2, 0.25) is 0 Å². The van der Waals surface area contributed by atoms with E-state index in [0.29, 0.717) is 11.7 Å². The normalized spacial score (nSPS) is 21.1. The molecule has 0 saturated heterocycles. The molecule has 0 radical (unpaired) electrons. The molecule has 0 aliphatic heterocycles. The number of unbranched alkanes of at least 4 members (excludes halogenated alkanes) is 4. The van der Waals surface area contributed by atoms with E-state index >= 15 is 0 Å². The summed E-state index contributed by atoms with van der Waals surface area (Å²) in [5, 5.41) is 8.61. The molecule has 1 N–H and O–H groups in total. The topological polar surface area (TPSA) is 46.5 Å². The van der Waals surface area contributed by atoms with E-state index in [1.165, 1.54) is 69.8 Å². The van der Waals surface area contributed by atoms with Crippen molar-refractivity contribution < 1.29 is 14.6 Å². The van der Waals surface area contributed by atoms with Crippen molar-refractivity contribution in [2.24, 2.45) is 5.92 Å². The molecule has 23 heavy (non-hydrogen) atoms. The van der Waals surface area contributed by atoms with E-state index in [2.05, 4.69) is 11.7 Å². The second kappa shape index (κ2) is 9.59. The molecule has 1 saturated carbocycles. The molecule has 1 aliphatic carbocycles. The van der Waals surface area contributed by atoms with Gasteiger partial charge in [0.15, 0.2) is 0 Å². The quantitative estimate of drug-likeness (QED) is 0.344. The van der Waals surface area contributed by atoms with Crippen LogP contribution >= 0.6 is 0 Å². The van der Waals surface area contributed by atoms with E-state index in [1.807, 2.05) is 12.1 Å². The fourth-order valence-electron chi connectivity index (χ4n) is 3.73. The van der Waals surface area contributed by atoms with E-state index in [-0.39, 0.29) is 0 Å². The first-order valence-corrected chi connectivity index (χ1v) is 9.19. The molecule has 0 heterocycles. The summed E-state index contributed by atoms with van der Waals surface area (Å²) in [5.41, 5.74) is 1.32. The van der Waals surface area contributed by atoms with Crippen LogP contribution in [0.3, 0.4) is 0 Å². The highest BCUT2D eigenvalue weighted by molar-refractivity contribution is 5.61. The molecular weight excluding hydrogens is 288 g/mol. The number of hydrogen-bond donors (Lipinski definition) is 1. The molecule has 0 amide bonds. The van der Waals surface area contributed by atoms with Gasteiger partial charge >= 0.3 is 6.16 Å². The second-order valence-electron chi connectivity index (χ2n) is 6.86. The van der Waals surface area contributed by atoms with Gasteiger partial charge < -0.3 is 9.84 Å². The predicted molar refractivity (Wildman–Crippen MR) is 93.2 cm³/mol. The lowest BCUT2D eigenvalue weighted by Crippen LogP contribution is -2.13. The number of benzene rings is 1. The molecule has 3 heteroatoms. The lowest BCUT2D eigenvalue weighted by Gasteiger charge is -2.29. The highest BCUT2D eigenvalue weighted by Gasteiger charge is 2.22. The smallest absolute Gasteiger partial charge is 0.449 e. The van der Waals surface area contributed by atoms with Gasteiger partial charge in [0.25, 0.3) is 0 Å². The fraction of sp³-hybridized carbons (Fsp3) is 0.650. The summed E-state index contributed by atoms with van der Waals surface area (Å²) in [6.45, 7) is 2.27. The van der Waals surface area contributed by atoms with Crippen molar-refractivity contribution in [3.8, 4) is 5.75 Å². The third-order valence-corrected chi connectivity index (χ3v) is 5.12. The summed E-state index contributed by atoms with van der Waals surface area (Å²) in [7, 11) is 0. The lowest BCUT2D eigenvalue weighted by atomic mass is 9.77. The Morgan fingerprint density at radius 2 is 1.70 bits per heavy atom. The van der Waals surface area contributed by atoms with Crippen LogP contribution in [-0.2, 0) is 0 Å². The van der Waals surface area contributed by atoms with Crippen LogP contribution in [0, 0.1) is 5.92 Å². The maximum Gasteiger partial charge on any atom is 0.511 e. The number of carbonyl (C=O) groups is 1. The van der Waals surface area contributed by atoms with E-state index < -0.39 is 6.16 Å². The summed E-state index contributed by atoms with van der Waals surface area (Å²) in [6, 6.07) is 7.58. The van der Waals surface area contributed by atoms with E-state index in [9.17, 15) is 4.79 Å². The first kappa shape index (κ1) is 17.8.